The van der Waals surface area contributed by atoms with Crippen LogP contribution in [0.25, 0.3) is 11.3 Å². The minimum absolute atomic E-state index is 0.279. The average molecular weight is 230 g/mol. The van der Waals surface area contributed by atoms with E-state index in [-0.39, 0.29) is 6.04 Å². The van der Waals surface area contributed by atoms with E-state index >= 15 is 0 Å². The molecule has 2 aromatic rings. The van der Waals surface area contributed by atoms with Gasteiger partial charge in [0.2, 0.25) is 0 Å². The number of nitrogens with one attached hydrogen (secondary N) is 1. The summed E-state index contributed by atoms with van der Waals surface area (Å²) in [4.78, 5) is 4.18. The summed E-state index contributed by atoms with van der Waals surface area (Å²) < 4.78 is 5.87. The Kier molecular flexibility index (Phi) is 3.59. The van der Waals surface area contributed by atoms with Crippen molar-refractivity contribution in [3.8, 4) is 11.3 Å². The third-order valence-corrected chi connectivity index (χ3v) is 2.89. The third-order valence-electron chi connectivity index (χ3n) is 2.89. The maximum Gasteiger partial charge on any atom is 0.135 e. The van der Waals surface area contributed by atoms with Crippen LogP contribution in [0.3, 0.4) is 0 Å². The lowest BCUT2D eigenvalue weighted by Crippen LogP contribution is -2.14. The number of hydrogen-bond acceptors (Lipinski definition) is 3. The highest BCUT2D eigenvalue weighted by molar-refractivity contribution is 5.57. The van der Waals surface area contributed by atoms with E-state index in [1.807, 2.05) is 38.5 Å². The molecular weight excluding hydrogens is 212 g/mol. The van der Waals surface area contributed by atoms with Crippen molar-refractivity contribution >= 4 is 0 Å². The van der Waals surface area contributed by atoms with E-state index in [2.05, 4.69) is 23.3 Å². The molecule has 17 heavy (non-hydrogen) atoms. The normalized spacial score (nSPS) is 12.6. The van der Waals surface area contributed by atoms with Gasteiger partial charge in [0, 0.05) is 18.0 Å². The van der Waals surface area contributed by atoms with E-state index in [1.165, 1.54) is 0 Å². The number of pyridine rings is 1. The Morgan fingerprint density at radius 2 is 2.18 bits per heavy atom. The molecule has 0 spiro atoms. The lowest BCUT2D eigenvalue weighted by Gasteiger charge is -2.09. The molecule has 0 radical (unpaired) electrons. The topological polar surface area (TPSA) is 38.1 Å². The fourth-order valence-corrected chi connectivity index (χ4v) is 1.93. The number of furan rings is 1. The average Bonchev–Trinajstić information content (AvgIpc) is 2.80. The van der Waals surface area contributed by atoms with Gasteiger partial charge < -0.3 is 9.73 Å². The molecule has 0 aromatic carbocycles. The van der Waals surface area contributed by atoms with E-state index in [4.69, 9.17) is 4.42 Å². The first-order valence-electron chi connectivity index (χ1n) is 5.93. The molecule has 0 aliphatic rings. The molecule has 0 saturated carbocycles. The molecule has 2 rings (SSSR count). The van der Waals surface area contributed by atoms with Gasteiger partial charge in [-0.25, -0.2) is 0 Å². The van der Waals surface area contributed by atoms with Crippen LogP contribution in [0.5, 0.6) is 0 Å². The minimum atomic E-state index is 0.279. The van der Waals surface area contributed by atoms with E-state index in [0.29, 0.717) is 0 Å². The van der Waals surface area contributed by atoms with Crippen LogP contribution >= 0.6 is 0 Å². The van der Waals surface area contributed by atoms with Gasteiger partial charge in [0.15, 0.2) is 0 Å². The summed E-state index contributed by atoms with van der Waals surface area (Å²) in [7, 11) is 1.95. The van der Waals surface area contributed by atoms with Crippen LogP contribution in [-0.2, 0) is 0 Å². The zero-order chi connectivity index (χ0) is 12.3. The van der Waals surface area contributed by atoms with Crippen LogP contribution in [-0.4, -0.2) is 12.0 Å². The van der Waals surface area contributed by atoms with Crippen molar-refractivity contribution in [1.82, 2.24) is 10.3 Å². The molecule has 90 valence electrons. The SMILES string of the molecule is CCC(NC)c1ccc(-c2cncc(C)c2)o1. The van der Waals surface area contributed by atoms with E-state index in [0.717, 1.165) is 29.1 Å². The van der Waals surface area contributed by atoms with Crippen molar-refractivity contribution in [2.24, 2.45) is 0 Å². The monoisotopic (exact) mass is 230 g/mol. The fourth-order valence-electron chi connectivity index (χ4n) is 1.93. The highest BCUT2D eigenvalue weighted by Crippen LogP contribution is 2.26. The Labute approximate surface area is 102 Å². The summed E-state index contributed by atoms with van der Waals surface area (Å²) >= 11 is 0. The van der Waals surface area contributed by atoms with Gasteiger partial charge in [0.1, 0.15) is 11.5 Å². The summed E-state index contributed by atoms with van der Waals surface area (Å²) in [5, 5.41) is 3.23. The first-order chi connectivity index (χ1) is 8.24. The molecule has 0 saturated heterocycles. The highest BCUT2D eigenvalue weighted by Gasteiger charge is 2.12. The number of aryl methyl sites for hydroxylation is 1. The Hall–Kier alpha value is -1.61. The Bertz CT molecular complexity index is 486. The van der Waals surface area contributed by atoms with Gasteiger partial charge >= 0.3 is 0 Å². The van der Waals surface area contributed by atoms with Gasteiger partial charge in [0.25, 0.3) is 0 Å². The Morgan fingerprint density at radius 3 is 2.82 bits per heavy atom. The highest BCUT2D eigenvalue weighted by atomic mass is 16.3. The molecule has 0 aliphatic heterocycles. The summed E-state index contributed by atoms with van der Waals surface area (Å²) in [5.41, 5.74) is 2.17. The van der Waals surface area contributed by atoms with Crippen LogP contribution in [0.15, 0.2) is 35.0 Å². The standard InChI is InChI=1S/C14H18N2O/c1-4-12(15-3)14-6-5-13(17-14)11-7-10(2)8-16-9-11/h5-9,12,15H,4H2,1-3H3. The van der Waals surface area contributed by atoms with E-state index in [1.54, 1.807) is 0 Å². The third kappa shape index (κ3) is 2.56. The van der Waals surface area contributed by atoms with Gasteiger partial charge in [-0.15, -0.1) is 0 Å². The maximum atomic E-state index is 5.87. The van der Waals surface area contributed by atoms with Gasteiger partial charge in [0.05, 0.1) is 6.04 Å². The van der Waals surface area contributed by atoms with Crippen LogP contribution in [0.1, 0.15) is 30.7 Å². The molecule has 1 N–H and O–H groups in total. The Morgan fingerprint density at radius 1 is 1.35 bits per heavy atom. The van der Waals surface area contributed by atoms with Crippen LogP contribution in [0, 0.1) is 6.92 Å². The van der Waals surface area contributed by atoms with Gasteiger partial charge in [-0.3, -0.25) is 4.98 Å². The van der Waals surface area contributed by atoms with E-state index in [9.17, 15) is 0 Å². The number of nitrogens with zero attached hydrogens (tertiary/aromatic N) is 1. The van der Waals surface area contributed by atoms with Crippen molar-refractivity contribution in [3.05, 3.63) is 41.9 Å². The predicted molar refractivity (Wildman–Crippen MR) is 68.8 cm³/mol. The first kappa shape index (κ1) is 11.9. The summed E-state index contributed by atoms with van der Waals surface area (Å²) in [6.45, 7) is 4.17. The quantitative estimate of drug-likeness (QED) is 0.875. The second-order valence-electron chi connectivity index (χ2n) is 4.20. The zero-order valence-corrected chi connectivity index (χ0v) is 10.5. The molecule has 1 atom stereocenters. The molecule has 2 heterocycles. The number of aromatic nitrogens is 1. The van der Waals surface area contributed by atoms with Crippen molar-refractivity contribution < 1.29 is 4.42 Å². The molecule has 3 nitrogen and oxygen atoms in total. The molecule has 0 aliphatic carbocycles. The molecule has 1 unspecified atom stereocenters. The molecular formula is C14H18N2O. The van der Waals surface area contributed by atoms with Crippen LogP contribution < -0.4 is 5.32 Å². The largest absolute Gasteiger partial charge is 0.459 e. The Balaban J connectivity index is 2.29. The van der Waals surface area contributed by atoms with Crippen molar-refractivity contribution in [1.29, 1.82) is 0 Å². The summed E-state index contributed by atoms with van der Waals surface area (Å²) in [6, 6.07) is 6.39. The summed E-state index contributed by atoms with van der Waals surface area (Å²) in [5.74, 6) is 1.86. The van der Waals surface area contributed by atoms with E-state index < -0.39 is 0 Å². The van der Waals surface area contributed by atoms with Gasteiger partial charge in [-0.2, -0.15) is 0 Å². The van der Waals surface area contributed by atoms with Crippen molar-refractivity contribution in [2.75, 3.05) is 7.05 Å². The second-order valence-corrected chi connectivity index (χ2v) is 4.20. The minimum Gasteiger partial charge on any atom is -0.459 e. The lowest BCUT2D eigenvalue weighted by atomic mass is 10.1. The zero-order valence-electron chi connectivity index (χ0n) is 10.5. The second kappa shape index (κ2) is 5.15. The molecule has 0 amide bonds. The fraction of sp³-hybridized carbons (Fsp3) is 0.357. The molecule has 3 heteroatoms. The predicted octanol–water partition coefficient (Wildman–Crippen LogP) is 3.32. The maximum absolute atomic E-state index is 5.87. The lowest BCUT2D eigenvalue weighted by molar-refractivity contribution is 0.431. The number of hydrogen-bond donors (Lipinski definition) is 1. The van der Waals surface area contributed by atoms with Gasteiger partial charge in [-0.1, -0.05) is 6.92 Å². The first-order valence-corrected chi connectivity index (χ1v) is 5.93. The van der Waals surface area contributed by atoms with Crippen LogP contribution in [0.4, 0.5) is 0 Å². The molecule has 0 fully saturated rings. The smallest absolute Gasteiger partial charge is 0.135 e. The van der Waals surface area contributed by atoms with Crippen molar-refractivity contribution in [2.45, 2.75) is 26.3 Å². The number of rotatable bonds is 4. The van der Waals surface area contributed by atoms with Crippen LogP contribution in [0.2, 0.25) is 0 Å². The summed E-state index contributed by atoms with van der Waals surface area (Å²) in [6.07, 6.45) is 4.68. The molecule has 0 bridgehead atoms. The van der Waals surface area contributed by atoms with Gasteiger partial charge in [-0.05, 0) is 44.2 Å². The van der Waals surface area contributed by atoms with Crippen molar-refractivity contribution in [3.63, 3.8) is 0 Å². The molecule has 2 aromatic heterocycles.